The number of carboxylic acids is 1. The van der Waals surface area contributed by atoms with Gasteiger partial charge in [-0.25, -0.2) is 0 Å². The van der Waals surface area contributed by atoms with Gasteiger partial charge in [-0.1, -0.05) is 6.07 Å². The van der Waals surface area contributed by atoms with Gasteiger partial charge in [-0.15, -0.1) is 0 Å². The van der Waals surface area contributed by atoms with E-state index in [2.05, 4.69) is 10.6 Å². The highest BCUT2D eigenvalue weighted by Gasteiger charge is 2.29. The highest BCUT2D eigenvalue weighted by atomic mass is 16.4. The number of aliphatic carboxylic acids is 1. The lowest BCUT2D eigenvalue weighted by atomic mass is 9.81. The third-order valence-corrected chi connectivity index (χ3v) is 4.72. The summed E-state index contributed by atoms with van der Waals surface area (Å²) in [5, 5.41) is 14.7. The number of hydrogen-bond donors (Lipinski definition) is 3. The van der Waals surface area contributed by atoms with E-state index in [1.54, 1.807) is 6.07 Å². The Morgan fingerprint density at radius 1 is 1.09 bits per heavy atom. The third-order valence-electron chi connectivity index (χ3n) is 4.72. The molecule has 0 aromatic heterocycles. The zero-order valence-corrected chi connectivity index (χ0v) is 12.8. The second-order valence-corrected chi connectivity index (χ2v) is 6.30. The van der Waals surface area contributed by atoms with E-state index < -0.39 is 5.97 Å². The van der Waals surface area contributed by atoms with E-state index in [1.165, 1.54) is 0 Å². The lowest BCUT2D eigenvalue weighted by molar-refractivity contribution is -0.143. The average Bonchev–Trinajstić information content (AvgIpc) is 2.54. The lowest BCUT2D eigenvalue weighted by Crippen LogP contribution is -2.29. The number of hydrogen-bond acceptors (Lipinski definition) is 3. The van der Waals surface area contributed by atoms with Crippen molar-refractivity contribution < 1.29 is 19.5 Å². The fourth-order valence-corrected chi connectivity index (χ4v) is 3.30. The Bertz CT molecular complexity index is 648. The van der Waals surface area contributed by atoms with Gasteiger partial charge in [0.25, 0.3) is 0 Å². The molecule has 1 saturated carbocycles. The minimum atomic E-state index is -0.769. The minimum absolute atomic E-state index is 0.00651. The number of benzene rings is 1. The summed E-state index contributed by atoms with van der Waals surface area (Å²) in [4.78, 5) is 34.7. The van der Waals surface area contributed by atoms with Crippen molar-refractivity contribution >= 4 is 29.2 Å². The number of rotatable bonds is 3. The molecule has 3 rings (SSSR count). The summed E-state index contributed by atoms with van der Waals surface area (Å²) < 4.78 is 0. The van der Waals surface area contributed by atoms with Crippen LogP contribution in [0.2, 0.25) is 0 Å². The van der Waals surface area contributed by atoms with Gasteiger partial charge in [-0.05, 0) is 49.8 Å². The first kappa shape index (κ1) is 15.5. The van der Waals surface area contributed by atoms with Gasteiger partial charge >= 0.3 is 5.97 Å². The average molecular weight is 316 g/mol. The quantitative estimate of drug-likeness (QED) is 0.798. The summed E-state index contributed by atoms with van der Waals surface area (Å²) in [6.45, 7) is 0. The molecule has 1 aliphatic carbocycles. The molecule has 1 aromatic rings. The van der Waals surface area contributed by atoms with E-state index in [1.807, 2.05) is 12.1 Å². The Hall–Kier alpha value is -2.37. The molecule has 1 aliphatic heterocycles. The molecule has 0 bridgehead atoms. The van der Waals surface area contributed by atoms with Gasteiger partial charge in [-0.3, -0.25) is 14.4 Å². The number of fused-ring (bicyclic) bond motifs is 1. The van der Waals surface area contributed by atoms with Crippen molar-refractivity contribution in [2.45, 2.75) is 38.5 Å². The van der Waals surface area contributed by atoms with Crippen LogP contribution < -0.4 is 10.6 Å². The van der Waals surface area contributed by atoms with E-state index in [9.17, 15) is 14.4 Å². The first-order chi connectivity index (χ1) is 11.0. The van der Waals surface area contributed by atoms with Crippen LogP contribution in [0.15, 0.2) is 18.2 Å². The first-order valence-corrected chi connectivity index (χ1v) is 7.99. The Kier molecular flexibility index (Phi) is 4.32. The summed E-state index contributed by atoms with van der Waals surface area (Å²) in [7, 11) is 0. The Morgan fingerprint density at radius 3 is 2.48 bits per heavy atom. The highest BCUT2D eigenvalue weighted by molar-refractivity contribution is 5.97. The molecule has 1 heterocycles. The Labute approximate surface area is 134 Å². The molecule has 0 saturated heterocycles. The molecule has 0 spiro atoms. The molecular weight excluding hydrogens is 296 g/mol. The largest absolute Gasteiger partial charge is 0.481 e. The van der Waals surface area contributed by atoms with Crippen LogP contribution in [0, 0.1) is 11.8 Å². The van der Waals surface area contributed by atoms with Gasteiger partial charge < -0.3 is 15.7 Å². The number of nitrogens with one attached hydrogen (secondary N) is 2. The maximum absolute atomic E-state index is 12.3. The number of carboxylic acid groups (broad SMARTS) is 1. The van der Waals surface area contributed by atoms with Crippen molar-refractivity contribution in [3.63, 3.8) is 0 Å². The smallest absolute Gasteiger partial charge is 0.306 e. The van der Waals surface area contributed by atoms with Gasteiger partial charge in [0.1, 0.15) is 0 Å². The van der Waals surface area contributed by atoms with Crippen LogP contribution in [0.25, 0.3) is 0 Å². The number of carbonyl (C=O) groups excluding carboxylic acids is 2. The van der Waals surface area contributed by atoms with Crippen LogP contribution in [-0.2, 0) is 20.8 Å². The van der Waals surface area contributed by atoms with E-state index in [0.717, 1.165) is 11.3 Å². The third kappa shape index (κ3) is 3.52. The molecular formula is C17H20N2O4. The Morgan fingerprint density at radius 2 is 1.78 bits per heavy atom. The van der Waals surface area contributed by atoms with Crippen LogP contribution in [-0.4, -0.2) is 22.9 Å². The molecule has 0 atom stereocenters. The maximum atomic E-state index is 12.3. The van der Waals surface area contributed by atoms with Crippen molar-refractivity contribution in [2.24, 2.45) is 11.8 Å². The predicted octanol–water partition coefficient (Wildman–Crippen LogP) is 2.40. The number of aryl methyl sites for hydroxylation is 1. The molecule has 1 fully saturated rings. The molecule has 122 valence electrons. The summed E-state index contributed by atoms with van der Waals surface area (Å²) in [6, 6.07) is 5.55. The number of anilines is 2. The van der Waals surface area contributed by atoms with Crippen molar-refractivity contribution in [1.29, 1.82) is 0 Å². The Balaban J connectivity index is 1.61. The zero-order valence-electron chi connectivity index (χ0n) is 12.8. The summed E-state index contributed by atoms with van der Waals surface area (Å²) in [5.41, 5.74) is 2.49. The fraction of sp³-hybridized carbons (Fsp3) is 0.471. The number of carbonyl (C=O) groups is 3. The zero-order chi connectivity index (χ0) is 16.4. The van der Waals surface area contributed by atoms with Gasteiger partial charge in [-0.2, -0.15) is 0 Å². The second-order valence-electron chi connectivity index (χ2n) is 6.30. The van der Waals surface area contributed by atoms with Gasteiger partial charge in [0.05, 0.1) is 5.92 Å². The summed E-state index contributed by atoms with van der Waals surface area (Å²) >= 11 is 0. The van der Waals surface area contributed by atoms with Crippen LogP contribution in [0.1, 0.15) is 37.7 Å². The molecule has 23 heavy (non-hydrogen) atoms. The molecule has 6 heteroatoms. The molecule has 2 aliphatic rings. The SMILES string of the molecule is O=C1CCc2ccc(NC(=O)C3CCC(C(=O)O)CC3)cc2N1. The topological polar surface area (TPSA) is 95.5 Å². The molecule has 2 amide bonds. The van der Waals surface area contributed by atoms with Crippen LogP contribution >= 0.6 is 0 Å². The van der Waals surface area contributed by atoms with Crippen molar-refractivity contribution in [3.05, 3.63) is 23.8 Å². The fourth-order valence-electron chi connectivity index (χ4n) is 3.30. The maximum Gasteiger partial charge on any atom is 0.306 e. The summed E-state index contributed by atoms with van der Waals surface area (Å²) in [6.07, 6.45) is 3.51. The van der Waals surface area contributed by atoms with E-state index >= 15 is 0 Å². The molecule has 1 aromatic carbocycles. The van der Waals surface area contributed by atoms with Crippen molar-refractivity contribution in [3.8, 4) is 0 Å². The van der Waals surface area contributed by atoms with Gasteiger partial charge in [0.2, 0.25) is 11.8 Å². The molecule has 6 nitrogen and oxygen atoms in total. The highest BCUT2D eigenvalue weighted by Crippen LogP contribution is 2.31. The lowest BCUT2D eigenvalue weighted by Gasteiger charge is -2.25. The van der Waals surface area contributed by atoms with Gasteiger partial charge in [0.15, 0.2) is 0 Å². The monoisotopic (exact) mass is 316 g/mol. The molecule has 3 N–H and O–H groups in total. The van der Waals surface area contributed by atoms with Crippen molar-refractivity contribution in [2.75, 3.05) is 10.6 Å². The van der Waals surface area contributed by atoms with Gasteiger partial charge in [0, 0.05) is 23.7 Å². The van der Waals surface area contributed by atoms with E-state index in [4.69, 9.17) is 5.11 Å². The van der Waals surface area contributed by atoms with Crippen LogP contribution in [0.4, 0.5) is 11.4 Å². The predicted molar refractivity (Wildman–Crippen MR) is 85.1 cm³/mol. The van der Waals surface area contributed by atoms with E-state index in [0.29, 0.717) is 44.2 Å². The first-order valence-electron chi connectivity index (χ1n) is 7.99. The molecule has 0 unspecified atom stereocenters. The van der Waals surface area contributed by atoms with E-state index in [-0.39, 0.29) is 23.7 Å². The standard InChI is InChI=1S/C17H20N2O4/c20-15-8-6-10-5-7-13(9-14(10)19-15)18-16(21)11-1-3-12(4-2-11)17(22)23/h5,7,9,11-12H,1-4,6,8H2,(H,18,21)(H,19,20)(H,22,23). The van der Waals surface area contributed by atoms with Crippen LogP contribution in [0.3, 0.4) is 0 Å². The molecule has 0 radical (unpaired) electrons. The minimum Gasteiger partial charge on any atom is -0.481 e. The summed E-state index contributed by atoms with van der Waals surface area (Å²) in [5.74, 6) is -1.31. The normalized spacial score (nSPS) is 23.6. The van der Waals surface area contributed by atoms with Crippen molar-refractivity contribution in [1.82, 2.24) is 0 Å². The van der Waals surface area contributed by atoms with Crippen LogP contribution in [0.5, 0.6) is 0 Å². The number of amides is 2. The second kappa shape index (κ2) is 6.40.